The van der Waals surface area contributed by atoms with Gasteiger partial charge in [0.15, 0.2) is 23.3 Å². The molecule has 0 radical (unpaired) electrons. The maximum absolute atomic E-state index is 14.9. The molecule has 35 heavy (non-hydrogen) atoms. The molecule has 0 aliphatic carbocycles. The van der Waals surface area contributed by atoms with Crippen molar-refractivity contribution in [2.24, 2.45) is 0 Å². The van der Waals surface area contributed by atoms with Gasteiger partial charge in [0.25, 0.3) is 0 Å². The van der Waals surface area contributed by atoms with Gasteiger partial charge in [0.2, 0.25) is 5.82 Å². The average molecular weight is 491 g/mol. The van der Waals surface area contributed by atoms with Crippen LogP contribution < -0.4 is 0 Å². The van der Waals surface area contributed by atoms with Crippen LogP contribution in [0, 0.1) is 36.0 Å². The predicted octanol–water partition coefficient (Wildman–Crippen LogP) is 8.47. The zero-order valence-corrected chi connectivity index (χ0v) is 17.7. The number of rotatable bonds is 2. The van der Waals surface area contributed by atoms with E-state index in [4.69, 9.17) is 0 Å². The van der Waals surface area contributed by atoms with E-state index in [-0.39, 0.29) is 11.3 Å². The Labute approximate surface area is 192 Å². The van der Waals surface area contributed by atoms with Gasteiger partial charge in [-0.1, -0.05) is 36.4 Å². The van der Waals surface area contributed by atoms with Crippen molar-refractivity contribution in [1.82, 2.24) is 4.57 Å². The largest absolute Gasteiger partial charge is 0.416 e. The lowest BCUT2D eigenvalue weighted by Crippen LogP contribution is -2.11. The van der Waals surface area contributed by atoms with E-state index < -0.39 is 52.0 Å². The Hall–Kier alpha value is -3.88. The lowest BCUT2D eigenvalue weighted by molar-refractivity contribution is -0.137. The number of alkyl halides is 3. The first-order valence-electron chi connectivity index (χ1n) is 10.2. The molecular formula is C26H13F8N. The molecule has 1 aromatic heterocycles. The quantitative estimate of drug-likeness (QED) is 0.133. The molecule has 1 heterocycles. The molecule has 178 valence electrons. The molecule has 1 nitrogen and oxygen atoms in total. The van der Waals surface area contributed by atoms with Crippen molar-refractivity contribution in [2.45, 2.75) is 13.1 Å². The van der Waals surface area contributed by atoms with Crippen LogP contribution in [0.3, 0.4) is 0 Å². The van der Waals surface area contributed by atoms with E-state index in [1.165, 1.54) is 11.5 Å². The fourth-order valence-corrected chi connectivity index (χ4v) is 4.44. The maximum atomic E-state index is 14.9. The summed E-state index contributed by atoms with van der Waals surface area (Å²) in [4.78, 5) is 0. The third-order valence-corrected chi connectivity index (χ3v) is 5.91. The van der Waals surface area contributed by atoms with Crippen molar-refractivity contribution in [1.29, 1.82) is 0 Å². The van der Waals surface area contributed by atoms with Crippen LogP contribution in [0.15, 0.2) is 60.7 Å². The molecule has 0 amide bonds. The van der Waals surface area contributed by atoms with Gasteiger partial charge in [0, 0.05) is 16.3 Å². The van der Waals surface area contributed by atoms with Crippen molar-refractivity contribution in [3.05, 3.63) is 101 Å². The normalized spacial score (nSPS) is 12.1. The summed E-state index contributed by atoms with van der Waals surface area (Å²) in [5, 5.41) is 1.37. The molecule has 0 bridgehead atoms. The number of hydrogen-bond acceptors (Lipinski definition) is 0. The summed E-state index contributed by atoms with van der Waals surface area (Å²) in [6.45, 7) is 1.28. The molecule has 0 N–H and O–H groups in total. The first-order chi connectivity index (χ1) is 16.5. The summed E-state index contributed by atoms with van der Waals surface area (Å²) < 4.78 is 114. The summed E-state index contributed by atoms with van der Waals surface area (Å²) in [5.74, 6) is -11.3. The number of hydrogen-bond donors (Lipinski definition) is 0. The Kier molecular flexibility index (Phi) is 5.12. The Morgan fingerprint density at radius 3 is 1.57 bits per heavy atom. The van der Waals surface area contributed by atoms with Gasteiger partial charge in [-0.2, -0.15) is 13.2 Å². The Balaban J connectivity index is 2.02. The fraction of sp³-hybridized carbons (Fsp3) is 0.0769. The summed E-state index contributed by atoms with van der Waals surface area (Å²) in [7, 11) is 0. The van der Waals surface area contributed by atoms with E-state index in [0.29, 0.717) is 27.9 Å². The standard InChI is InChI=1S/C26H13F8N/c1-12-10-13(26(32,33)34)11-16(19-20(27)22(29)24(31)23(30)21(19)28)25(12)35-17-8-4-2-6-14(17)15-7-3-5-9-18(15)35/h2-11H,1H3. The number of para-hydroxylation sites is 2. The van der Waals surface area contributed by atoms with Crippen LogP contribution in [-0.4, -0.2) is 4.57 Å². The van der Waals surface area contributed by atoms with E-state index in [1.807, 2.05) is 0 Å². The Morgan fingerprint density at radius 2 is 1.09 bits per heavy atom. The minimum atomic E-state index is -4.94. The third kappa shape index (κ3) is 3.37. The molecule has 5 rings (SSSR count). The topological polar surface area (TPSA) is 4.93 Å². The highest BCUT2D eigenvalue weighted by molar-refractivity contribution is 6.09. The summed E-state index contributed by atoms with van der Waals surface area (Å²) in [5.41, 5.74) is -2.78. The number of aromatic nitrogens is 1. The van der Waals surface area contributed by atoms with Gasteiger partial charge in [0.1, 0.15) is 0 Å². The van der Waals surface area contributed by atoms with Gasteiger partial charge >= 0.3 is 6.18 Å². The van der Waals surface area contributed by atoms with E-state index in [9.17, 15) is 35.1 Å². The highest BCUT2D eigenvalue weighted by Crippen LogP contribution is 2.43. The second-order valence-corrected chi connectivity index (χ2v) is 8.00. The van der Waals surface area contributed by atoms with Crippen LogP contribution >= 0.6 is 0 Å². The minimum Gasteiger partial charge on any atom is -0.308 e. The van der Waals surface area contributed by atoms with Gasteiger partial charge in [-0.3, -0.25) is 0 Å². The minimum absolute atomic E-state index is 0.0785. The molecule has 5 aromatic rings. The van der Waals surface area contributed by atoms with Crippen LogP contribution in [0.2, 0.25) is 0 Å². The van der Waals surface area contributed by atoms with Crippen LogP contribution in [0.25, 0.3) is 38.6 Å². The van der Waals surface area contributed by atoms with Crippen molar-refractivity contribution in [3.63, 3.8) is 0 Å². The molecule has 0 fully saturated rings. The van der Waals surface area contributed by atoms with Crippen molar-refractivity contribution < 1.29 is 35.1 Å². The summed E-state index contributed by atoms with van der Waals surface area (Å²) in [6, 6.07) is 14.8. The maximum Gasteiger partial charge on any atom is 0.416 e. The summed E-state index contributed by atoms with van der Waals surface area (Å²) >= 11 is 0. The molecule has 0 saturated heterocycles. The van der Waals surface area contributed by atoms with Gasteiger partial charge in [-0.25, -0.2) is 22.0 Å². The van der Waals surface area contributed by atoms with Gasteiger partial charge in [0.05, 0.1) is 27.8 Å². The highest BCUT2D eigenvalue weighted by atomic mass is 19.4. The zero-order valence-electron chi connectivity index (χ0n) is 17.7. The molecule has 0 saturated carbocycles. The van der Waals surface area contributed by atoms with Gasteiger partial charge in [-0.15, -0.1) is 0 Å². The first kappa shape index (κ1) is 22.9. The molecule has 0 aliphatic rings. The fourth-order valence-electron chi connectivity index (χ4n) is 4.44. The second-order valence-electron chi connectivity index (χ2n) is 8.00. The SMILES string of the molecule is Cc1cc(C(F)(F)F)cc(-c2c(F)c(F)c(F)c(F)c2F)c1-n1c2ccccc2c2ccccc21. The lowest BCUT2D eigenvalue weighted by atomic mass is 9.95. The van der Waals surface area contributed by atoms with E-state index >= 15 is 0 Å². The van der Waals surface area contributed by atoms with Crippen molar-refractivity contribution in [3.8, 4) is 16.8 Å². The second kappa shape index (κ2) is 7.83. The van der Waals surface area contributed by atoms with E-state index in [2.05, 4.69) is 0 Å². The number of nitrogens with zero attached hydrogens (tertiary/aromatic N) is 1. The monoisotopic (exact) mass is 491 g/mol. The first-order valence-corrected chi connectivity index (χ1v) is 10.2. The van der Waals surface area contributed by atoms with Gasteiger partial charge in [-0.05, 0) is 36.8 Å². The number of aryl methyl sites for hydroxylation is 1. The molecular weight excluding hydrogens is 478 g/mol. The predicted molar refractivity (Wildman–Crippen MR) is 116 cm³/mol. The number of halogens is 8. The highest BCUT2D eigenvalue weighted by Gasteiger charge is 2.35. The lowest BCUT2D eigenvalue weighted by Gasteiger charge is -2.20. The van der Waals surface area contributed by atoms with Crippen molar-refractivity contribution >= 4 is 21.8 Å². The van der Waals surface area contributed by atoms with Crippen molar-refractivity contribution in [2.75, 3.05) is 0 Å². The van der Waals surface area contributed by atoms with Crippen LogP contribution in [0.5, 0.6) is 0 Å². The van der Waals surface area contributed by atoms with Crippen LogP contribution in [0.1, 0.15) is 11.1 Å². The average Bonchev–Trinajstić information content (AvgIpc) is 3.15. The third-order valence-electron chi connectivity index (χ3n) is 5.91. The molecule has 0 atom stereocenters. The molecule has 0 spiro atoms. The number of benzene rings is 4. The van der Waals surface area contributed by atoms with Gasteiger partial charge < -0.3 is 4.57 Å². The molecule has 4 aromatic carbocycles. The summed E-state index contributed by atoms with van der Waals surface area (Å²) in [6.07, 6.45) is -4.94. The Bertz CT molecular complexity index is 1560. The van der Waals surface area contributed by atoms with E-state index in [0.717, 1.165) is 6.07 Å². The zero-order chi connectivity index (χ0) is 25.2. The smallest absolute Gasteiger partial charge is 0.308 e. The molecule has 0 unspecified atom stereocenters. The molecule has 0 aliphatic heterocycles. The van der Waals surface area contributed by atoms with E-state index in [1.54, 1.807) is 48.5 Å². The molecule has 9 heteroatoms. The Morgan fingerprint density at radius 1 is 0.629 bits per heavy atom. The van der Waals surface area contributed by atoms with Crippen LogP contribution in [-0.2, 0) is 6.18 Å². The number of fused-ring (bicyclic) bond motifs is 3. The van der Waals surface area contributed by atoms with Crippen LogP contribution in [0.4, 0.5) is 35.1 Å².